The molecule has 0 aliphatic carbocycles. The Hall–Kier alpha value is -1.40. The number of methoxy groups -OCH3 is 1. The summed E-state index contributed by atoms with van der Waals surface area (Å²) in [6.45, 7) is 4.61. The number of hydrogen-bond donors (Lipinski definition) is 1. The van der Waals surface area contributed by atoms with Crippen molar-refractivity contribution in [3.05, 3.63) is 23.8 Å². The number of carbonyl (C=O) groups is 1. The Morgan fingerprint density at radius 3 is 2.80 bits per heavy atom. The molecule has 0 unspecified atom stereocenters. The monoisotopic (exact) mass is 365 g/mol. The number of nitrogens with one attached hydrogen (secondary N) is 1. The lowest BCUT2D eigenvalue weighted by Crippen LogP contribution is -2.47. The summed E-state index contributed by atoms with van der Waals surface area (Å²) in [6.07, 6.45) is 2.77. The Bertz CT molecular complexity index is 626. The van der Waals surface area contributed by atoms with Gasteiger partial charge in [-0.2, -0.15) is 11.8 Å². The summed E-state index contributed by atoms with van der Waals surface area (Å²) in [6, 6.07) is 5.83. The van der Waals surface area contributed by atoms with Crippen LogP contribution in [0.4, 0.5) is 0 Å². The van der Waals surface area contributed by atoms with Gasteiger partial charge in [-0.15, -0.1) is 0 Å². The van der Waals surface area contributed by atoms with Crippen molar-refractivity contribution in [1.82, 2.24) is 5.32 Å². The number of hydrogen-bond acceptors (Lipinski definition) is 5. The van der Waals surface area contributed by atoms with Crippen LogP contribution in [0.2, 0.25) is 0 Å². The van der Waals surface area contributed by atoms with Gasteiger partial charge in [-0.25, -0.2) is 0 Å². The summed E-state index contributed by atoms with van der Waals surface area (Å²) >= 11 is 1.93. The summed E-state index contributed by atoms with van der Waals surface area (Å²) in [4.78, 5) is 12.2. The molecule has 6 heteroatoms. The van der Waals surface area contributed by atoms with E-state index < -0.39 is 0 Å². The van der Waals surface area contributed by atoms with Crippen molar-refractivity contribution in [2.24, 2.45) is 0 Å². The van der Waals surface area contributed by atoms with Crippen LogP contribution in [-0.2, 0) is 16.0 Å². The summed E-state index contributed by atoms with van der Waals surface area (Å²) in [5.41, 5.74) is 0.664. The lowest BCUT2D eigenvalue weighted by molar-refractivity contribution is -0.124. The van der Waals surface area contributed by atoms with Gasteiger partial charge in [0.15, 0.2) is 18.1 Å². The zero-order valence-electron chi connectivity index (χ0n) is 15.2. The number of carbonyl (C=O) groups excluding carboxylic acids is 1. The van der Waals surface area contributed by atoms with Gasteiger partial charge >= 0.3 is 0 Å². The molecule has 1 N–H and O–H groups in total. The molecule has 2 aliphatic rings. The Kier molecular flexibility index (Phi) is 5.49. The third-order valence-corrected chi connectivity index (χ3v) is 5.84. The van der Waals surface area contributed by atoms with Gasteiger partial charge in [-0.1, -0.05) is 12.1 Å². The molecule has 2 aliphatic heterocycles. The minimum atomic E-state index is -0.234. The molecule has 3 rings (SSSR count). The molecule has 1 aromatic rings. The summed E-state index contributed by atoms with van der Waals surface area (Å²) in [7, 11) is 1.73. The van der Waals surface area contributed by atoms with E-state index >= 15 is 0 Å². The Balaban J connectivity index is 1.53. The molecule has 0 radical (unpaired) electrons. The third-order valence-electron chi connectivity index (χ3n) is 4.86. The zero-order chi connectivity index (χ0) is 17.9. The fourth-order valence-electron chi connectivity index (χ4n) is 3.35. The van der Waals surface area contributed by atoms with Crippen molar-refractivity contribution in [2.45, 2.75) is 44.3 Å². The van der Waals surface area contributed by atoms with E-state index in [1.54, 1.807) is 7.11 Å². The topological polar surface area (TPSA) is 56.8 Å². The van der Waals surface area contributed by atoms with E-state index in [-0.39, 0.29) is 23.7 Å². The first-order chi connectivity index (χ1) is 11.9. The minimum Gasteiger partial charge on any atom is -0.483 e. The fourth-order valence-corrected chi connectivity index (χ4v) is 4.59. The first-order valence-corrected chi connectivity index (χ1v) is 9.92. The van der Waals surface area contributed by atoms with Crippen LogP contribution < -0.4 is 14.8 Å². The van der Waals surface area contributed by atoms with Crippen LogP contribution in [0.5, 0.6) is 11.5 Å². The Morgan fingerprint density at radius 2 is 2.08 bits per heavy atom. The van der Waals surface area contributed by atoms with Crippen molar-refractivity contribution >= 4 is 17.7 Å². The zero-order valence-corrected chi connectivity index (χ0v) is 16.0. The predicted octanol–water partition coefficient (Wildman–Crippen LogP) is 2.81. The quantitative estimate of drug-likeness (QED) is 0.840. The van der Waals surface area contributed by atoms with Gasteiger partial charge in [-0.3, -0.25) is 4.79 Å². The number of para-hydroxylation sites is 1. The maximum Gasteiger partial charge on any atom is 0.258 e. The molecule has 25 heavy (non-hydrogen) atoms. The molecule has 5 nitrogen and oxygen atoms in total. The average Bonchev–Trinajstić information content (AvgIpc) is 2.93. The van der Waals surface area contributed by atoms with E-state index in [2.05, 4.69) is 19.2 Å². The number of fused-ring (bicyclic) bond motifs is 1. The van der Waals surface area contributed by atoms with Gasteiger partial charge < -0.3 is 19.5 Å². The molecule has 0 bridgehead atoms. The van der Waals surface area contributed by atoms with Crippen LogP contribution in [0.1, 0.15) is 32.3 Å². The summed E-state index contributed by atoms with van der Waals surface area (Å²) in [5.74, 6) is 3.41. The molecule has 138 valence electrons. The first kappa shape index (κ1) is 18.4. The maximum atomic E-state index is 12.2. The van der Waals surface area contributed by atoms with E-state index in [1.807, 2.05) is 30.0 Å². The second kappa shape index (κ2) is 7.46. The lowest BCUT2D eigenvalue weighted by Gasteiger charge is -2.35. The standard InChI is InChI=1S/C19H27NO4S/c1-18(2)11-14-5-4-6-15(17(14)24-18)23-12-16(21)20-13-19(22-3)7-9-25-10-8-19/h4-6H,7-13H2,1-3H3,(H,20,21). The molecule has 0 spiro atoms. The molecule has 0 atom stereocenters. The van der Waals surface area contributed by atoms with Gasteiger partial charge in [0.1, 0.15) is 5.60 Å². The fraction of sp³-hybridized carbons (Fsp3) is 0.632. The maximum absolute atomic E-state index is 12.2. The Morgan fingerprint density at radius 1 is 1.32 bits per heavy atom. The van der Waals surface area contributed by atoms with Crippen LogP contribution in [0.25, 0.3) is 0 Å². The van der Waals surface area contributed by atoms with Crippen molar-refractivity contribution in [2.75, 3.05) is 31.8 Å². The van der Waals surface area contributed by atoms with Gasteiger partial charge in [0.2, 0.25) is 0 Å². The highest BCUT2D eigenvalue weighted by molar-refractivity contribution is 7.99. The number of ether oxygens (including phenoxy) is 3. The van der Waals surface area contributed by atoms with Crippen LogP contribution in [0, 0.1) is 0 Å². The molecule has 1 fully saturated rings. The SMILES string of the molecule is COC1(CNC(=O)COc2cccc3c2OC(C)(C)C3)CCSCC1. The van der Waals surface area contributed by atoms with Crippen molar-refractivity contribution in [3.63, 3.8) is 0 Å². The van der Waals surface area contributed by atoms with Gasteiger partial charge in [0.05, 0.1) is 5.60 Å². The number of amides is 1. The molecule has 1 amide bonds. The number of thioether (sulfide) groups is 1. The van der Waals surface area contributed by atoms with E-state index in [0.717, 1.165) is 42.1 Å². The lowest BCUT2D eigenvalue weighted by atomic mass is 9.96. The largest absolute Gasteiger partial charge is 0.483 e. The van der Waals surface area contributed by atoms with E-state index in [0.29, 0.717) is 12.3 Å². The molecular formula is C19H27NO4S. The normalized spacial score (nSPS) is 20.4. The van der Waals surface area contributed by atoms with Crippen LogP contribution in [0.3, 0.4) is 0 Å². The van der Waals surface area contributed by atoms with Gasteiger partial charge in [0.25, 0.3) is 5.91 Å². The summed E-state index contributed by atoms with van der Waals surface area (Å²) < 4.78 is 17.4. The minimum absolute atomic E-state index is 0.0191. The van der Waals surface area contributed by atoms with E-state index in [4.69, 9.17) is 14.2 Å². The van der Waals surface area contributed by atoms with Crippen molar-refractivity contribution < 1.29 is 19.0 Å². The molecule has 2 heterocycles. The van der Waals surface area contributed by atoms with Crippen molar-refractivity contribution in [3.8, 4) is 11.5 Å². The van der Waals surface area contributed by atoms with Gasteiger partial charge in [-0.05, 0) is 44.3 Å². The Labute approximate surface area is 153 Å². The van der Waals surface area contributed by atoms with Gasteiger partial charge in [0, 0.05) is 25.6 Å². The highest BCUT2D eigenvalue weighted by atomic mass is 32.2. The van der Waals surface area contributed by atoms with Crippen LogP contribution in [0.15, 0.2) is 18.2 Å². The highest BCUT2D eigenvalue weighted by Gasteiger charge is 2.33. The second-order valence-corrected chi connectivity index (χ2v) is 8.57. The molecule has 1 saturated heterocycles. The smallest absolute Gasteiger partial charge is 0.258 e. The molecule has 0 aromatic heterocycles. The predicted molar refractivity (Wildman–Crippen MR) is 99.7 cm³/mol. The molecule has 1 aromatic carbocycles. The highest BCUT2D eigenvalue weighted by Crippen LogP contribution is 2.41. The second-order valence-electron chi connectivity index (χ2n) is 7.35. The number of benzene rings is 1. The van der Waals surface area contributed by atoms with E-state index in [1.165, 1.54) is 0 Å². The van der Waals surface area contributed by atoms with Crippen molar-refractivity contribution in [1.29, 1.82) is 0 Å². The third kappa shape index (κ3) is 4.42. The molecular weight excluding hydrogens is 338 g/mol. The van der Waals surface area contributed by atoms with Crippen LogP contribution >= 0.6 is 11.8 Å². The van der Waals surface area contributed by atoms with E-state index in [9.17, 15) is 4.79 Å². The summed E-state index contributed by atoms with van der Waals surface area (Å²) in [5, 5.41) is 2.96. The van der Waals surface area contributed by atoms with Crippen LogP contribution in [-0.4, -0.2) is 48.9 Å². The molecule has 0 saturated carbocycles. The average molecular weight is 365 g/mol. The first-order valence-electron chi connectivity index (χ1n) is 8.76. The number of rotatable bonds is 6.